The predicted octanol–water partition coefficient (Wildman–Crippen LogP) is 3.81. The number of primary amides is 1. The minimum atomic E-state index is -0.549. The highest BCUT2D eigenvalue weighted by Gasteiger charge is 2.15. The van der Waals surface area contributed by atoms with Gasteiger partial charge in [-0.25, -0.2) is 0 Å². The smallest absolute Gasteiger partial charge is 0.269 e. The molecular formula is C19H21ClN4O2. The molecule has 2 aromatic rings. The van der Waals surface area contributed by atoms with Crippen LogP contribution in [0.25, 0.3) is 0 Å². The summed E-state index contributed by atoms with van der Waals surface area (Å²) in [5.74, 6) is 0.225. The lowest BCUT2D eigenvalue weighted by Crippen LogP contribution is -2.19. The fraction of sp³-hybridized carbons (Fsp3) is 0.368. The largest absolute Gasteiger partial charge is 0.490 e. The Kier molecular flexibility index (Phi) is 7.37. The fourth-order valence-corrected chi connectivity index (χ4v) is 2.78. The van der Waals surface area contributed by atoms with Crippen LogP contribution >= 0.6 is 11.6 Å². The van der Waals surface area contributed by atoms with Gasteiger partial charge in [-0.05, 0) is 56.9 Å². The van der Waals surface area contributed by atoms with Crippen molar-refractivity contribution in [1.82, 2.24) is 10.2 Å². The highest BCUT2D eigenvalue weighted by Crippen LogP contribution is 2.26. The molecular weight excluding hydrogens is 352 g/mol. The number of hydrogen-bond donors (Lipinski definition) is 1. The molecule has 0 aliphatic heterocycles. The number of aryl methyl sites for hydroxylation is 1. The lowest BCUT2D eigenvalue weighted by Gasteiger charge is -2.23. The maximum Gasteiger partial charge on any atom is 0.269 e. The highest BCUT2D eigenvalue weighted by atomic mass is 35.5. The number of nitriles is 1. The Morgan fingerprint density at radius 3 is 2.50 bits per heavy atom. The summed E-state index contributed by atoms with van der Waals surface area (Å²) in [6, 6.07) is 10.5. The molecule has 1 saturated carbocycles. The van der Waals surface area contributed by atoms with Gasteiger partial charge in [-0.2, -0.15) is 10.4 Å². The second kappa shape index (κ2) is 9.73. The van der Waals surface area contributed by atoms with E-state index in [9.17, 15) is 4.79 Å². The molecule has 2 N–H and O–H groups in total. The quantitative estimate of drug-likeness (QED) is 0.882. The number of nitrogens with two attached hydrogens (primary N) is 1. The van der Waals surface area contributed by atoms with Gasteiger partial charge in [0, 0.05) is 6.07 Å². The van der Waals surface area contributed by atoms with E-state index >= 15 is 0 Å². The standard InChI is InChI=1S/C13H14ClNO.C6H7N3O/c14-13-8-12(7-6-10(13)9-15)16-11-4-2-1-3-5-11;1-4-2-3-5(6(7)10)9-8-4/h6-8,11H,1-5H2;2-3H,1H3,(H2,7,10). The van der Waals surface area contributed by atoms with E-state index in [1.54, 1.807) is 31.2 Å². The number of carbonyl (C=O) groups is 1. The van der Waals surface area contributed by atoms with Crippen molar-refractivity contribution in [1.29, 1.82) is 5.26 Å². The van der Waals surface area contributed by atoms with Crippen molar-refractivity contribution in [3.63, 3.8) is 0 Å². The van der Waals surface area contributed by atoms with Gasteiger partial charge in [0.2, 0.25) is 0 Å². The molecule has 1 fully saturated rings. The first-order valence-corrected chi connectivity index (χ1v) is 8.84. The van der Waals surface area contributed by atoms with Gasteiger partial charge >= 0.3 is 0 Å². The zero-order valence-corrected chi connectivity index (χ0v) is 15.4. The molecule has 0 spiro atoms. The zero-order chi connectivity index (χ0) is 18.9. The van der Waals surface area contributed by atoms with Gasteiger partial charge in [-0.3, -0.25) is 4.79 Å². The first-order valence-electron chi connectivity index (χ1n) is 8.46. The Labute approximate surface area is 157 Å². The van der Waals surface area contributed by atoms with Crippen LogP contribution in [-0.4, -0.2) is 22.2 Å². The average Bonchev–Trinajstić information content (AvgIpc) is 2.64. The number of amides is 1. The third-order valence-electron chi connectivity index (χ3n) is 3.97. The molecule has 1 amide bonds. The highest BCUT2D eigenvalue weighted by molar-refractivity contribution is 6.31. The Bertz CT molecular complexity index is 781. The van der Waals surface area contributed by atoms with Crippen LogP contribution in [0.2, 0.25) is 5.02 Å². The van der Waals surface area contributed by atoms with Crippen LogP contribution in [0.3, 0.4) is 0 Å². The molecule has 1 aliphatic rings. The summed E-state index contributed by atoms with van der Waals surface area (Å²) >= 11 is 5.94. The molecule has 0 radical (unpaired) electrons. The third-order valence-corrected chi connectivity index (χ3v) is 4.28. The molecule has 1 aromatic carbocycles. The SMILES string of the molecule is Cc1ccc(C(N)=O)nn1.N#Cc1ccc(OC2CCCCC2)cc1Cl. The fourth-order valence-electron chi connectivity index (χ4n) is 2.57. The second-order valence-corrected chi connectivity index (χ2v) is 6.46. The van der Waals surface area contributed by atoms with Gasteiger partial charge in [0.15, 0.2) is 5.69 Å². The molecule has 7 heteroatoms. The maximum atomic E-state index is 10.4. The van der Waals surface area contributed by atoms with Crippen molar-refractivity contribution in [2.24, 2.45) is 5.73 Å². The normalized spacial score (nSPS) is 13.9. The van der Waals surface area contributed by atoms with Crippen LogP contribution in [-0.2, 0) is 0 Å². The molecule has 0 atom stereocenters. The second-order valence-electron chi connectivity index (χ2n) is 6.06. The van der Waals surface area contributed by atoms with E-state index < -0.39 is 5.91 Å². The maximum absolute atomic E-state index is 10.4. The molecule has 3 rings (SSSR count). The third kappa shape index (κ3) is 6.01. The minimum Gasteiger partial charge on any atom is -0.490 e. The van der Waals surface area contributed by atoms with Crippen LogP contribution in [0.4, 0.5) is 0 Å². The van der Waals surface area contributed by atoms with Crippen molar-refractivity contribution in [3.8, 4) is 11.8 Å². The average molecular weight is 373 g/mol. The van der Waals surface area contributed by atoms with Crippen LogP contribution in [0, 0.1) is 18.3 Å². The van der Waals surface area contributed by atoms with Crippen LogP contribution < -0.4 is 10.5 Å². The summed E-state index contributed by atoms with van der Waals surface area (Å²) in [5.41, 5.74) is 6.39. The van der Waals surface area contributed by atoms with Crippen molar-refractivity contribution in [3.05, 3.63) is 52.3 Å². The van der Waals surface area contributed by atoms with Crippen LogP contribution in [0.5, 0.6) is 5.75 Å². The Hall–Kier alpha value is -2.65. The Morgan fingerprint density at radius 1 is 1.23 bits per heavy atom. The zero-order valence-electron chi connectivity index (χ0n) is 14.6. The molecule has 6 nitrogen and oxygen atoms in total. The summed E-state index contributed by atoms with van der Waals surface area (Å²) in [5, 5.41) is 16.4. The summed E-state index contributed by atoms with van der Waals surface area (Å²) < 4.78 is 5.84. The van der Waals surface area contributed by atoms with E-state index in [2.05, 4.69) is 10.2 Å². The molecule has 1 aliphatic carbocycles. The molecule has 26 heavy (non-hydrogen) atoms. The number of aromatic nitrogens is 2. The van der Waals surface area contributed by atoms with Crippen molar-refractivity contribution in [2.75, 3.05) is 0 Å². The van der Waals surface area contributed by atoms with Gasteiger partial charge in [0.25, 0.3) is 5.91 Å². The van der Waals surface area contributed by atoms with Crippen molar-refractivity contribution in [2.45, 2.75) is 45.1 Å². The van der Waals surface area contributed by atoms with Crippen molar-refractivity contribution >= 4 is 17.5 Å². The van der Waals surface area contributed by atoms with Gasteiger partial charge < -0.3 is 10.5 Å². The number of ether oxygens (including phenoxy) is 1. The van der Waals surface area contributed by atoms with Crippen LogP contribution in [0.1, 0.15) is 53.8 Å². The number of benzene rings is 1. The predicted molar refractivity (Wildman–Crippen MR) is 99.0 cm³/mol. The monoisotopic (exact) mass is 372 g/mol. The van der Waals surface area contributed by atoms with E-state index in [0.29, 0.717) is 16.7 Å². The van der Waals surface area contributed by atoms with E-state index in [4.69, 9.17) is 27.3 Å². The van der Waals surface area contributed by atoms with Crippen LogP contribution in [0.15, 0.2) is 30.3 Å². The molecule has 1 heterocycles. The van der Waals surface area contributed by atoms with Gasteiger partial charge in [0.1, 0.15) is 11.8 Å². The number of rotatable bonds is 3. The van der Waals surface area contributed by atoms with E-state index in [0.717, 1.165) is 24.3 Å². The molecule has 136 valence electrons. The van der Waals surface area contributed by atoms with E-state index in [1.165, 1.54) is 19.3 Å². The number of carbonyl (C=O) groups excluding carboxylic acids is 1. The van der Waals surface area contributed by atoms with Crippen molar-refractivity contribution < 1.29 is 9.53 Å². The number of nitrogens with zero attached hydrogens (tertiary/aromatic N) is 3. The lowest BCUT2D eigenvalue weighted by atomic mass is 9.98. The molecule has 0 unspecified atom stereocenters. The first-order chi connectivity index (χ1) is 12.5. The number of hydrogen-bond acceptors (Lipinski definition) is 5. The Balaban J connectivity index is 0.000000209. The lowest BCUT2D eigenvalue weighted by molar-refractivity contribution is 0.0994. The summed E-state index contributed by atoms with van der Waals surface area (Å²) in [6.07, 6.45) is 6.37. The van der Waals surface area contributed by atoms with E-state index in [1.807, 2.05) is 12.1 Å². The van der Waals surface area contributed by atoms with Gasteiger partial charge in [-0.1, -0.05) is 18.0 Å². The summed E-state index contributed by atoms with van der Waals surface area (Å²) in [6.45, 7) is 1.79. The molecule has 0 bridgehead atoms. The topological polar surface area (TPSA) is 102 Å². The van der Waals surface area contributed by atoms with Gasteiger partial charge in [0.05, 0.1) is 22.4 Å². The van der Waals surface area contributed by atoms with E-state index in [-0.39, 0.29) is 5.69 Å². The first kappa shape index (κ1) is 19.7. The molecule has 1 aromatic heterocycles. The Morgan fingerprint density at radius 2 is 1.96 bits per heavy atom. The molecule has 0 saturated heterocycles. The number of halogens is 1. The summed E-state index contributed by atoms with van der Waals surface area (Å²) in [4.78, 5) is 10.4. The minimum absolute atomic E-state index is 0.200. The summed E-state index contributed by atoms with van der Waals surface area (Å²) in [7, 11) is 0. The van der Waals surface area contributed by atoms with Gasteiger partial charge in [-0.15, -0.1) is 5.10 Å².